The average molecular weight is 278 g/mol. The van der Waals surface area contributed by atoms with Crippen molar-refractivity contribution in [3.8, 4) is 0 Å². The van der Waals surface area contributed by atoms with E-state index in [9.17, 15) is 9.18 Å². The third-order valence-electron chi connectivity index (χ3n) is 2.80. The van der Waals surface area contributed by atoms with Gasteiger partial charge in [0.05, 0.1) is 6.61 Å². The van der Waals surface area contributed by atoms with Crippen LogP contribution >= 0.6 is 0 Å². The van der Waals surface area contributed by atoms with Crippen molar-refractivity contribution >= 4 is 11.9 Å². The maximum Gasteiger partial charge on any atom is 0.321 e. The van der Waals surface area contributed by atoms with Crippen molar-refractivity contribution in [1.29, 1.82) is 0 Å². The Hall–Kier alpha value is -2.44. The molecule has 2 aromatic rings. The van der Waals surface area contributed by atoms with Gasteiger partial charge in [0.25, 0.3) is 0 Å². The van der Waals surface area contributed by atoms with Gasteiger partial charge >= 0.3 is 5.97 Å². The summed E-state index contributed by atoms with van der Waals surface area (Å²) < 4.78 is 19.4. The number of ether oxygens (including phenoxy) is 1. The lowest BCUT2D eigenvalue weighted by molar-refractivity contribution is -0.144. The summed E-state index contributed by atoms with van der Waals surface area (Å²) >= 11 is 0. The molecule has 0 radical (unpaired) electrons. The molecule has 106 valence electrons. The second kappa shape index (κ2) is 5.68. The normalized spacial score (nSPS) is 12.2. The molecule has 1 heterocycles. The van der Waals surface area contributed by atoms with Gasteiger partial charge in [0.2, 0.25) is 5.95 Å². The monoisotopic (exact) mass is 278 g/mol. The van der Waals surface area contributed by atoms with Crippen LogP contribution in [0.15, 0.2) is 24.3 Å². The number of nitrogen functional groups attached to an aromatic ring is 1. The molecule has 1 aromatic heterocycles. The first kappa shape index (κ1) is 14.0. The van der Waals surface area contributed by atoms with Gasteiger partial charge in [-0.15, -0.1) is 0 Å². The Kier molecular flexibility index (Phi) is 3.97. The lowest BCUT2D eigenvalue weighted by atomic mass is 9.98. The van der Waals surface area contributed by atoms with Crippen molar-refractivity contribution in [3.05, 3.63) is 41.5 Å². The van der Waals surface area contributed by atoms with Gasteiger partial charge in [0.15, 0.2) is 5.82 Å². The molecule has 0 fully saturated rings. The zero-order valence-electron chi connectivity index (χ0n) is 11.2. The minimum atomic E-state index is -0.820. The SMILES string of the molecule is CCOC(=O)C(c1ccc(F)cc1)c1nc(N)n(C)n1. The number of carbonyl (C=O) groups excluding carboxylic acids is 1. The maximum absolute atomic E-state index is 13.0. The van der Waals surface area contributed by atoms with Gasteiger partial charge < -0.3 is 10.5 Å². The van der Waals surface area contributed by atoms with Gasteiger partial charge in [-0.2, -0.15) is 10.1 Å². The van der Waals surface area contributed by atoms with Crippen LogP contribution in [-0.2, 0) is 16.6 Å². The van der Waals surface area contributed by atoms with Crippen LogP contribution in [0.2, 0.25) is 0 Å². The Morgan fingerprint density at radius 3 is 2.60 bits per heavy atom. The summed E-state index contributed by atoms with van der Waals surface area (Å²) in [6.45, 7) is 1.94. The number of hydrogen-bond donors (Lipinski definition) is 1. The van der Waals surface area contributed by atoms with Crippen LogP contribution in [-0.4, -0.2) is 27.3 Å². The van der Waals surface area contributed by atoms with E-state index >= 15 is 0 Å². The lowest BCUT2D eigenvalue weighted by Gasteiger charge is -2.12. The summed E-state index contributed by atoms with van der Waals surface area (Å²) in [6, 6.07) is 5.55. The fraction of sp³-hybridized carbons (Fsp3) is 0.308. The summed E-state index contributed by atoms with van der Waals surface area (Å²) in [5.41, 5.74) is 6.18. The van der Waals surface area contributed by atoms with E-state index < -0.39 is 11.9 Å². The Morgan fingerprint density at radius 1 is 1.45 bits per heavy atom. The molecule has 6 nitrogen and oxygen atoms in total. The number of hydrogen-bond acceptors (Lipinski definition) is 5. The highest BCUT2D eigenvalue weighted by Gasteiger charge is 2.28. The molecule has 0 spiro atoms. The molecule has 0 aliphatic rings. The third kappa shape index (κ3) is 2.76. The van der Waals surface area contributed by atoms with E-state index in [4.69, 9.17) is 10.5 Å². The van der Waals surface area contributed by atoms with E-state index in [1.54, 1.807) is 14.0 Å². The summed E-state index contributed by atoms with van der Waals surface area (Å²) in [4.78, 5) is 16.2. The first-order valence-electron chi connectivity index (χ1n) is 6.11. The molecule has 1 unspecified atom stereocenters. The van der Waals surface area contributed by atoms with E-state index in [2.05, 4.69) is 10.1 Å². The van der Waals surface area contributed by atoms with E-state index in [1.807, 2.05) is 0 Å². The molecule has 7 heteroatoms. The minimum Gasteiger partial charge on any atom is -0.465 e. The Labute approximate surface area is 115 Å². The van der Waals surface area contributed by atoms with Gasteiger partial charge in [-0.3, -0.25) is 4.79 Å². The molecule has 0 aliphatic carbocycles. The van der Waals surface area contributed by atoms with Crippen molar-refractivity contribution in [3.63, 3.8) is 0 Å². The predicted molar refractivity (Wildman–Crippen MR) is 70.3 cm³/mol. The van der Waals surface area contributed by atoms with Crippen LogP contribution in [0.3, 0.4) is 0 Å². The highest BCUT2D eigenvalue weighted by atomic mass is 19.1. The standard InChI is InChI=1S/C13H15FN4O2/c1-3-20-12(19)10(8-4-6-9(14)7-5-8)11-16-13(15)18(2)17-11/h4-7,10H,3H2,1-2H3,(H2,15,16,17). The fourth-order valence-electron chi connectivity index (χ4n) is 1.81. The molecule has 0 aliphatic heterocycles. The molecule has 0 saturated carbocycles. The van der Waals surface area contributed by atoms with Crippen molar-refractivity contribution in [1.82, 2.24) is 14.8 Å². The zero-order valence-corrected chi connectivity index (χ0v) is 11.2. The van der Waals surface area contributed by atoms with Crippen LogP contribution < -0.4 is 5.73 Å². The maximum atomic E-state index is 13.0. The number of nitrogens with zero attached hydrogens (tertiary/aromatic N) is 3. The van der Waals surface area contributed by atoms with Crippen molar-refractivity contribution in [2.45, 2.75) is 12.8 Å². The molecular weight excluding hydrogens is 263 g/mol. The fourth-order valence-corrected chi connectivity index (χ4v) is 1.81. The first-order valence-corrected chi connectivity index (χ1v) is 6.11. The van der Waals surface area contributed by atoms with Crippen molar-refractivity contribution in [2.24, 2.45) is 7.05 Å². The number of aryl methyl sites for hydroxylation is 1. The number of carbonyl (C=O) groups is 1. The predicted octanol–water partition coefficient (Wildman–Crippen LogP) is 1.23. The molecule has 2 N–H and O–H groups in total. The van der Waals surface area contributed by atoms with Gasteiger partial charge in [-0.25, -0.2) is 9.07 Å². The number of halogens is 1. The van der Waals surface area contributed by atoms with Crippen LogP contribution in [0, 0.1) is 5.82 Å². The van der Waals surface area contributed by atoms with Crippen molar-refractivity contribution < 1.29 is 13.9 Å². The van der Waals surface area contributed by atoms with Crippen LogP contribution in [0.1, 0.15) is 24.2 Å². The molecular formula is C13H15FN4O2. The largest absolute Gasteiger partial charge is 0.465 e. The number of benzene rings is 1. The van der Waals surface area contributed by atoms with E-state index in [-0.39, 0.29) is 24.2 Å². The molecule has 2 rings (SSSR count). The average Bonchev–Trinajstić information content (AvgIpc) is 2.72. The second-order valence-electron chi connectivity index (χ2n) is 4.19. The first-order chi connectivity index (χ1) is 9.52. The quantitative estimate of drug-likeness (QED) is 0.850. The van der Waals surface area contributed by atoms with Crippen molar-refractivity contribution in [2.75, 3.05) is 12.3 Å². The Bertz CT molecular complexity index is 590. The third-order valence-corrected chi connectivity index (χ3v) is 2.80. The molecule has 0 bridgehead atoms. The summed E-state index contributed by atoms with van der Waals surface area (Å²) in [7, 11) is 1.62. The topological polar surface area (TPSA) is 83.0 Å². The van der Waals surface area contributed by atoms with Gasteiger partial charge in [-0.1, -0.05) is 12.1 Å². The number of anilines is 1. The lowest BCUT2D eigenvalue weighted by Crippen LogP contribution is -2.19. The highest BCUT2D eigenvalue weighted by Crippen LogP contribution is 2.24. The molecule has 1 atom stereocenters. The molecule has 0 saturated heterocycles. The highest BCUT2D eigenvalue weighted by molar-refractivity contribution is 5.81. The number of nitrogens with two attached hydrogens (primary N) is 1. The van der Waals surface area contributed by atoms with Gasteiger partial charge in [-0.05, 0) is 24.6 Å². The van der Waals surface area contributed by atoms with Gasteiger partial charge in [0, 0.05) is 7.05 Å². The molecule has 20 heavy (non-hydrogen) atoms. The minimum absolute atomic E-state index is 0.191. The summed E-state index contributed by atoms with van der Waals surface area (Å²) in [5.74, 6) is -1.28. The van der Waals surface area contributed by atoms with Crippen LogP contribution in [0.25, 0.3) is 0 Å². The van der Waals surface area contributed by atoms with Gasteiger partial charge in [0.1, 0.15) is 11.7 Å². The Morgan fingerprint density at radius 2 is 2.10 bits per heavy atom. The number of esters is 1. The number of rotatable bonds is 4. The van der Waals surface area contributed by atoms with Crippen LogP contribution in [0.5, 0.6) is 0 Å². The van der Waals surface area contributed by atoms with E-state index in [0.29, 0.717) is 5.56 Å². The Balaban J connectivity index is 2.44. The van der Waals surface area contributed by atoms with E-state index in [1.165, 1.54) is 28.9 Å². The van der Waals surface area contributed by atoms with E-state index in [0.717, 1.165) is 0 Å². The number of aromatic nitrogens is 3. The second-order valence-corrected chi connectivity index (χ2v) is 4.19. The molecule has 1 aromatic carbocycles. The smallest absolute Gasteiger partial charge is 0.321 e. The summed E-state index contributed by atoms with van der Waals surface area (Å²) in [5, 5.41) is 4.10. The van der Waals surface area contributed by atoms with Crippen LogP contribution in [0.4, 0.5) is 10.3 Å². The zero-order chi connectivity index (χ0) is 14.7. The summed E-state index contributed by atoms with van der Waals surface area (Å²) in [6.07, 6.45) is 0. The molecule has 0 amide bonds.